The molecule has 0 heterocycles. The molecule has 0 amide bonds. The lowest BCUT2D eigenvalue weighted by molar-refractivity contribution is 0.988. The minimum absolute atomic E-state index is 0.168. The largest absolute Gasteiger partial charge is 0.316 e. The summed E-state index contributed by atoms with van der Waals surface area (Å²) in [5, 5.41) is -0.168. The summed E-state index contributed by atoms with van der Waals surface area (Å²) in [6, 6.07) is 2.20. The molecule has 1 atom stereocenters. The van der Waals surface area contributed by atoms with Crippen LogP contribution in [0.25, 0.3) is 0 Å². The van der Waals surface area contributed by atoms with Gasteiger partial charge in [-0.3, -0.25) is 0 Å². The monoisotopic (exact) mass is 195 g/mol. The van der Waals surface area contributed by atoms with Crippen molar-refractivity contribution in [3.8, 4) is 0 Å². The van der Waals surface area contributed by atoms with E-state index >= 15 is 0 Å². The molecule has 0 aliphatic heterocycles. The van der Waals surface area contributed by atoms with E-state index in [0.717, 1.165) is 0 Å². The third-order valence-electron chi connectivity index (χ3n) is 2.72. The number of aryl methyl sites for hydroxylation is 2. The molecule has 0 bridgehead atoms. The highest BCUT2D eigenvalue weighted by atomic mass is 32.1. The molecule has 2 heteroatoms. The van der Waals surface area contributed by atoms with Gasteiger partial charge in [-0.25, -0.2) is 0 Å². The van der Waals surface area contributed by atoms with E-state index in [1.807, 2.05) is 0 Å². The molecule has 0 fully saturated rings. The fraction of sp³-hybridized carbons (Fsp3) is 0.455. The van der Waals surface area contributed by atoms with Crippen molar-refractivity contribution in [2.45, 2.75) is 33.1 Å². The fourth-order valence-electron chi connectivity index (χ4n) is 1.69. The first-order chi connectivity index (χ1) is 5.95. The van der Waals surface area contributed by atoms with Crippen LogP contribution in [0.5, 0.6) is 0 Å². The van der Waals surface area contributed by atoms with E-state index in [0.29, 0.717) is 0 Å². The Bertz CT molecular complexity index is 303. The van der Waals surface area contributed by atoms with E-state index in [-0.39, 0.29) is 5.37 Å². The van der Waals surface area contributed by atoms with Gasteiger partial charge < -0.3 is 5.73 Å². The Balaban J connectivity index is 3.46. The van der Waals surface area contributed by atoms with Crippen LogP contribution >= 0.6 is 12.6 Å². The summed E-state index contributed by atoms with van der Waals surface area (Å²) in [6.45, 7) is 8.43. The van der Waals surface area contributed by atoms with Crippen LogP contribution < -0.4 is 5.73 Å². The summed E-state index contributed by atoms with van der Waals surface area (Å²) in [7, 11) is 0. The highest BCUT2D eigenvalue weighted by Gasteiger charge is 2.11. The fourth-order valence-corrected chi connectivity index (χ4v) is 2.08. The van der Waals surface area contributed by atoms with Crippen molar-refractivity contribution in [3.63, 3.8) is 0 Å². The molecule has 1 unspecified atom stereocenters. The Kier molecular flexibility index (Phi) is 3.04. The molecule has 0 saturated carbocycles. The molecule has 0 saturated heterocycles. The molecular weight excluding hydrogens is 178 g/mol. The van der Waals surface area contributed by atoms with Crippen molar-refractivity contribution in [2.75, 3.05) is 0 Å². The van der Waals surface area contributed by atoms with Crippen LogP contribution in [-0.2, 0) is 0 Å². The molecule has 2 N–H and O–H groups in total. The lowest BCUT2D eigenvalue weighted by Crippen LogP contribution is -2.09. The third-order valence-corrected chi connectivity index (χ3v) is 2.98. The number of rotatable bonds is 1. The van der Waals surface area contributed by atoms with Crippen molar-refractivity contribution in [1.29, 1.82) is 0 Å². The number of benzene rings is 1. The zero-order chi connectivity index (χ0) is 10.2. The van der Waals surface area contributed by atoms with Gasteiger partial charge in [0.25, 0.3) is 0 Å². The minimum atomic E-state index is -0.168. The molecule has 13 heavy (non-hydrogen) atoms. The van der Waals surface area contributed by atoms with Gasteiger partial charge in [-0.15, -0.1) is 0 Å². The summed E-state index contributed by atoms with van der Waals surface area (Å²) in [5.74, 6) is 0. The van der Waals surface area contributed by atoms with Gasteiger partial charge in [0, 0.05) is 0 Å². The molecule has 0 aliphatic rings. The topological polar surface area (TPSA) is 26.0 Å². The molecule has 1 rings (SSSR count). The predicted octanol–water partition coefficient (Wildman–Crippen LogP) is 2.81. The van der Waals surface area contributed by atoms with Crippen LogP contribution in [0.4, 0.5) is 0 Å². The van der Waals surface area contributed by atoms with Crippen LogP contribution in [0.3, 0.4) is 0 Å². The van der Waals surface area contributed by atoms with Gasteiger partial charge in [0.05, 0.1) is 5.37 Å². The van der Waals surface area contributed by atoms with Gasteiger partial charge in [-0.05, 0) is 55.5 Å². The summed E-state index contributed by atoms with van der Waals surface area (Å²) < 4.78 is 0. The summed E-state index contributed by atoms with van der Waals surface area (Å²) in [6.07, 6.45) is 0. The number of hydrogen-bond donors (Lipinski definition) is 2. The van der Waals surface area contributed by atoms with E-state index in [1.54, 1.807) is 0 Å². The van der Waals surface area contributed by atoms with Gasteiger partial charge in [0.1, 0.15) is 0 Å². The zero-order valence-electron chi connectivity index (χ0n) is 8.68. The Hall–Kier alpha value is -0.470. The molecule has 1 aromatic rings. The zero-order valence-corrected chi connectivity index (χ0v) is 9.57. The maximum atomic E-state index is 5.82. The maximum Gasteiger partial charge on any atom is 0.0740 e. The van der Waals surface area contributed by atoms with Gasteiger partial charge >= 0.3 is 0 Å². The predicted molar refractivity (Wildman–Crippen MR) is 61.3 cm³/mol. The standard InChI is InChI=1S/C11H17NS/c1-6-5-7(2)9(4)10(8(6)3)11(12)13/h5,11,13H,12H2,1-4H3. The highest BCUT2D eigenvalue weighted by molar-refractivity contribution is 7.80. The molecule has 0 aliphatic carbocycles. The number of thiol groups is 1. The second-order valence-electron chi connectivity index (χ2n) is 3.62. The Morgan fingerprint density at radius 1 is 1.08 bits per heavy atom. The summed E-state index contributed by atoms with van der Waals surface area (Å²) in [5.41, 5.74) is 12.1. The van der Waals surface area contributed by atoms with Gasteiger partial charge in [0.2, 0.25) is 0 Å². The molecule has 0 radical (unpaired) electrons. The van der Waals surface area contributed by atoms with E-state index in [9.17, 15) is 0 Å². The summed E-state index contributed by atoms with van der Waals surface area (Å²) >= 11 is 4.30. The third kappa shape index (κ3) is 1.89. The molecule has 1 aromatic carbocycles. The van der Waals surface area contributed by atoms with E-state index < -0.39 is 0 Å². The number of nitrogens with two attached hydrogens (primary N) is 1. The first kappa shape index (κ1) is 10.6. The smallest absolute Gasteiger partial charge is 0.0740 e. The molecule has 0 aromatic heterocycles. The van der Waals surface area contributed by atoms with Crippen LogP contribution in [-0.4, -0.2) is 0 Å². The van der Waals surface area contributed by atoms with Crippen molar-refractivity contribution >= 4 is 12.6 Å². The van der Waals surface area contributed by atoms with Crippen LogP contribution in [0, 0.1) is 27.7 Å². The highest BCUT2D eigenvalue weighted by Crippen LogP contribution is 2.27. The normalized spacial score (nSPS) is 13.1. The minimum Gasteiger partial charge on any atom is -0.316 e. The van der Waals surface area contributed by atoms with Crippen LogP contribution in [0.1, 0.15) is 33.2 Å². The van der Waals surface area contributed by atoms with E-state index in [4.69, 9.17) is 5.73 Å². The lowest BCUT2D eigenvalue weighted by atomic mass is 9.94. The molecule has 1 nitrogen and oxygen atoms in total. The first-order valence-electron chi connectivity index (χ1n) is 4.46. The second kappa shape index (κ2) is 3.72. The van der Waals surface area contributed by atoms with Crippen molar-refractivity contribution in [2.24, 2.45) is 5.73 Å². The van der Waals surface area contributed by atoms with E-state index in [1.165, 1.54) is 27.8 Å². The van der Waals surface area contributed by atoms with Crippen LogP contribution in [0.15, 0.2) is 6.07 Å². The lowest BCUT2D eigenvalue weighted by Gasteiger charge is -2.17. The van der Waals surface area contributed by atoms with Gasteiger partial charge in [-0.1, -0.05) is 6.07 Å². The molecule has 0 spiro atoms. The van der Waals surface area contributed by atoms with Gasteiger partial charge in [-0.2, -0.15) is 12.6 Å². The Morgan fingerprint density at radius 2 is 1.46 bits per heavy atom. The van der Waals surface area contributed by atoms with Crippen molar-refractivity contribution in [3.05, 3.63) is 33.9 Å². The average molecular weight is 195 g/mol. The first-order valence-corrected chi connectivity index (χ1v) is 4.97. The Labute approximate surface area is 85.8 Å². The van der Waals surface area contributed by atoms with E-state index in [2.05, 4.69) is 46.4 Å². The quantitative estimate of drug-likeness (QED) is 0.523. The summed E-state index contributed by atoms with van der Waals surface area (Å²) in [4.78, 5) is 0. The average Bonchev–Trinajstić information content (AvgIpc) is 2.01. The molecular formula is C11H17NS. The van der Waals surface area contributed by atoms with Crippen molar-refractivity contribution in [1.82, 2.24) is 0 Å². The molecule has 72 valence electrons. The second-order valence-corrected chi connectivity index (χ2v) is 4.18. The SMILES string of the molecule is Cc1cc(C)c(C)c(C(N)S)c1C. The maximum absolute atomic E-state index is 5.82. The van der Waals surface area contributed by atoms with Gasteiger partial charge in [0.15, 0.2) is 0 Å². The number of hydrogen-bond acceptors (Lipinski definition) is 2. The Morgan fingerprint density at radius 3 is 1.77 bits per heavy atom. The van der Waals surface area contributed by atoms with Crippen molar-refractivity contribution < 1.29 is 0 Å². The van der Waals surface area contributed by atoms with Crippen LogP contribution in [0.2, 0.25) is 0 Å².